The third kappa shape index (κ3) is 6.62. The Hall–Kier alpha value is -2.76. The number of aromatic nitrogens is 1. The number of ether oxygens (including phenoxy) is 1. The van der Waals surface area contributed by atoms with E-state index in [4.69, 9.17) is 4.74 Å². The molecule has 8 heteroatoms. The summed E-state index contributed by atoms with van der Waals surface area (Å²) in [7, 11) is 0. The Morgan fingerprint density at radius 2 is 1.97 bits per heavy atom. The second-order valence-corrected chi connectivity index (χ2v) is 8.61. The molecule has 2 unspecified atom stereocenters. The number of aliphatic hydroxyl groups excluding tert-OH is 1. The summed E-state index contributed by atoms with van der Waals surface area (Å²) in [6, 6.07) is 1.95. The van der Waals surface area contributed by atoms with Crippen LogP contribution in [0, 0.1) is 24.2 Å². The summed E-state index contributed by atoms with van der Waals surface area (Å²) >= 11 is 0. The van der Waals surface area contributed by atoms with Gasteiger partial charge in [-0.3, -0.25) is 9.36 Å². The minimum atomic E-state index is -0.947. The molecule has 0 radical (unpaired) electrons. The lowest BCUT2D eigenvalue weighted by atomic mass is 9.98. The maximum atomic E-state index is 13.1. The summed E-state index contributed by atoms with van der Waals surface area (Å²) in [6.45, 7) is 9.74. The molecule has 2 atom stereocenters. The predicted octanol–water partition coefficient (Wildman–Crippen LogP) is 5.38. The van der Waals surface area contributed by atoms with Crippen LogP contribution in [-0.4, -0.2) is 27.7 Å². The van der Waals surface area contributed by atoms with Gasteiger partial charge in [0, 0.05) is 11.5 Å². The van der Waals surface area contributed by atoms with Crippen molar-refractivity contribution in [3.05, 3.63) is 44.4 Å². The molecule has 0 aromatic carbocycles. The monoisotopic (exact) mass is 456 g/mol. The Morgan fingerprint density at radius 3 is 2.58 bits per heavy atom. The topological polar surface area (TPSA) is 120 Å². The van der Waals surface area contributed by atoms with Crippen LogP contribution >= 0.6 is 0 Å². The molecular formula is C25H36N4O4. The number of aromatic hydroxyl groups is 1. The van der Waals surface area contributed by atoms with Crippen molar-refractivity contribution < 1.29 is 14.9 Å². The molecule has 1 aromatic heterocycles. The number of rotatable bonds is 11. The molecule has 2 rings (SSSR count). The number of pyridine rings is 1. The van der Waals surface area contributed by atoms with E-state index >= 15 is 0 Å². The molecule has 0 fully saturated rings. The quantitative estimate of drug-likeness (QED) is 0.342. The van der Waals surface area contributed by atoms with E-state index in [0.29, 0.717) is 0 Å². The number of hydrogen-bond donors (Lipinski definition) is 2. The SMILES string of the molecule is CCCCC(CC)C(O)OCCn1c(O)c(C#N)c(C)c(N=NC2=CC(C)=C(C)CC2)c1=O. The zero-order chi connectivity index (χ0) is 24.5. The first-order valence-corrected chi connectivity index (χ1v) is 11.7. The first kappa shape index (κ1) is 26.5. The molecule has 0 bridgehead atoms. The van der Waals surface area contributed by atoms with Crippen LogP contribution in [0.2, 0.25) is 0 Å². The normalized spacial score (nSPS) is 16.1. The molecule has 1 aromatic rings. The average Bonchev–Trinajstić information content (AvgIpc) is 2.79. The van der Waals surface area contributed by atoms with Crippen molar-refractivity contribution in [2.75, 3.05) is 6.61 Å². The van der Waals surface area contributed by atoms with Gasteiger partial charge in [0.2, 0.25) is 5.88 Å². The molecule has 0 aliphatic heterocycles. The lowest BCUT2D eigenvalue weighted by molar-refractivity contribution is -0.138. The number of unbranched alkanes of at least 4 members (excludes halogenated alkanes) is 1. The van der Waals surface area contributed by atoms with Gasteiger partial charge in [0.25, 0.3) is 5.56 Å². The molecule has 1 aliphatic carbocycles. The first-order chi connectivity index (χ1) is 15.7. The number of azo groups is 1. The number of aliphatic hydroxyl groups is 1. The summed E-state index contributed by atoms with van der Waals surface area (Å²) in [5.74, 6) is -0.418. The summed E-state index contributed by atoms with van der Waals surface area (Å²) in [6.07, 6.45) is 6.29. The minimum absolute atomic E-state index is 0.0101. The van der Waals surface area contributed by atoms with E-state index in [2.05, 4.69) is 24.1 Å². The molecule has 0 spiro atoms. The van der Waals surface area contributed by atoms with E-state index in [1.807, 2.05) is 26.0 Å². The zero-order valence-electron chi connectivity index (χ0n) is 20.4. The fourth-order valence-corrected chi connectivity index (χ4v) is 3.83. The molecule has 8 nitrogen and oxygen atoms in total. The summed E-state index contributed by atoms with van der Waals surface area (Å²) in [5.41, 5.74) is 2.92. The highest BCUT2D eigenvalue weighted by Crippen LogP contribution is 2.28. The minimum Gasteiger partial charge on any atom is -0.493 e. The molecule has 33 heavy (non-hydrogen) atoms. The van der Waals surface area contributed by atoms with Crippen molar-refractivity contribution in [2.24, 2.45) is 16.1 Å². The van der Waals surface area contributed by atoms with Gasteiger partial charge in [-0.1, -0.05) is 37.8 Å². The van der Waals surface area contributed by atoms with Gasteiger partial charge in [-0.25, -0.2) is 0 Å². The zero-order valence-corrected chi connectivity index (χ0v) is 20.4. The highest BCUT2D eigenvalue weighted by atomic mass is 16.6. The smallest absolute Gasteiger partial charge is 0.281 e. The number of allylic oxidation sites excluding steroid dienone is 4. The van der Waals surface area contributed by atoms with E-state index in [-0.39, 0.29) is 35.9 Å². The van der Waals surface area contributed by atoms with Crippen molar-refractivity contribution in [1.82, 2.24) is 4.57 Å². The summed E-state index contributed by atoms with van der Waals surface area (Å²) in [5, 5.41) is 38.8. The second-order valence-electron chi connectivity index (χ2n) is 8.61. The Balaban J connectivity index is 2.26. The van der Waals surface area contributed by atoms with Crippen LogP contribution < -0.4 is 5.56 Å². The van der Waals surface area contributed by atoms with E-state index in [9.17, 15) is 20.3 Å². The number of nitrogens with zero attached hydrogens (tertiary/aromatic N) is 4. The van der Waals surface area contributed by atoms with Crippen LogP contribution in [0.15, 0.2) is 37.9 Å². The van der Waals surface area contributed by atoms with Crippen LogP contribution in [0.4, 0.5) is 5.69 Å². The van der Waals surface area contributed by atoms with Crippen LogP contribution in [-0.2, 0) is 11.3 Å². The van der Waals surface area contributed by atoms with E-state index in [0.717, 1.165) is 54.4 Å². The predicted molar refractivity (Wildman–Crippen MR) is 127 cm³/mol. The Labute approximate surface area is 195 Å². The number of nitriles is 1. The maximum Gasteiger partial charge on any atom is 0.281 e. The third-order valence-electron chi connectivity index (χ3n) is 6.32. The Kier molecular flexibility index (Phi) is 10.0. The largest absolute Gasteiger partial charge is 0.493 e. The standard InChI is InChI=1S/C25H36N4O4/c1-6-8-9-19(7-2)25(32)33-13-12-29-23(30)21(15-26)18(5)22(24(29)31)28-27-20-11-10-16(3)17(4)14-20/h14,19,25,30,32H,6-13H2,1-5H3. The molecule has 0 amide bonds. The fraction of sp³-hybridized carbons (Fsp3) is 0.600. The molecular weight excluding hydrogens is 420 g/mol. The number of hydrogen-bond acceptors (Lipinski definition) is 7. The van der Waals surface area contributed by atoms with Crippen molar-refractivity contribution in [1.29, 1.82) is 5.26 Å². The second kappa shape index (κ2) is 12.5. The van der Waals surface area contributed by atoms with Crippen molar-refractivity contribution in [2.45, 2.75) is 86.0 Å². The van der Waals surface area contributed by atoms with Crippen LogP contribution in [0.3, 0.4) is 0 Å². The van der Waals surface area contributed by atoms with Gasteiger partial charge in [0.15, 0.2) is 12.0 Å². The summed E-state index contributed by atoms with van der Waals surface area (Å²) < 4.78 is 6.62. The molecule has 0 saturated heterocycles. The van der Waals surface area contributed by atoms with Gasteiger partial charge in [-0.15, -0.1) is 5.11 Å². The van der Waals surface area contributed by atoms with Crippen LogP contribution in [0.25, 0.3) is 0 Å². The Bertz CT molecular complexity index is 1030. The molecule has 180 valence electrons. The average molecular weight is 457 g/mol. The van der Waals surface area contributed by atoms with E-state index in [1.165, 1.54) is 5.57 Å². The highest BCUT2D eigenvalue weighted by Gasteiger charge is 2.21. The van der Waals surface area contributed by atoms with Gasteiger partial charge in [0.05, 0.1) is 18.8 Å². The lowest BCUT2D eigenvalue weighted by Crippen LogP contribution is -2.28. The van der Waals surface area contributed by atoms with Crippen molar-refractivity contribution in [3.63, 3.8) is 0 Å². The molecule has 0 saturated carbocycles. The Morgan fingerprint density at radius 1 is 1.24 bits per heavy atom. The fourth-order valence-electron chi connectivity index (χ4n) is 3.83. The van der Waals surface area contributed by atoms with Gasteiger partial charge < -0.3 is 14.9 Å². The highest BCUT2D eigenvalue weighted by molar-refractivity contribution is 5.56. The van der Waals surface area contributed by atoms with Crippen LogP contribution in [0.1, 0.15) is 77.3 Å². The molecule has 1 heterocycles. The first-order valence-electron chi connectivity index (χ1n) is 11.7. The van der Waals surface area contributed by atoms with Gasteiger partial charge in [0.1, 0.15) is 11.6 Å². The van der Waals surface area contributed by atoms with Gasteiger partial charge in [-0.2, -0.15) is 10.4 Å². The van der Waals surface area contributed by atoms with Crippen molar-refractivity contribution in [3.8, 4) is 11.9 Å². The van der Waals surface area contributed by atoms with Gasteiger partial charge >= 0.3 is 0 Å². The van der Waals surface area contributed by atoms with E-state index < -0.39 is 17.7 Å². The molecule has 2 N–H and O–H groups in total. The summed E-state index contributed by atoms with van der Waals surface area (Å²) in [4.78, 5) is 13.1. The van der Waals surface area contributed by atoms with Crippen LogP contribution in [0.5, 0.6) is 5.88 Å². The third-order valence-corrected chi connectivity index (χ3v) is 6.32. The van der Waals surface area contributed by atoms with E-state index in [1.54, 1.807) is 6.92 Å². The van der Waals surface area contributed by atoms with Gasteiger partial charge in [-0.05, 0) is 52.5 Å². The van der Waals surface area contributed by atoms with Crippen molar-refractivity contribution >= 4 is 5.69 Å². The molecule has 1 aliphatic rings. The maximum absolute atomic E-state index is 13.1. The lowest BCUT2D eigenvalue weighted by Gasteiger charge is -2.22.